The maximum atomic E-state index is 12.9. The first kappa shape index (κ1) is 25.9. The fourth-order valence-electron chi connectivity index (χ4n) is 3.92. The second-order valence-electron chi connectivity index (χ2n) is 8.52. The van der Waals surface area contributed by atoms with Crippen LogP contribution in [0.25, 0.3) is 22.2 Å². The number of hydrogen-bond acceptors (Lipinski definition) is 4. The fourth-order valence-corrected chi connectivity index (χ4v) is 4.40. The van der Waals surface area contributed by atoms with Crippen LogP contribution in [0.3, 0.4) is 0 Å². The van der Waals surface area contributed by atoms with Crippen molar-refractivity contribution < 1.29 is 9.90 Å². The number of anilines is 1. The van der Waals surface area contributed by atoms with Gasteiger partial charge in [0, 0.05) is 17.7 Å². The Morgan fingerprint density at radius 1 is 1.00 bits per heavy atom. The van der Waals surface area contributed by atoms with E-state index >= 15 is 0 Å². The Kier molecular flexibility index (Phi) is 9.25. The molecule has 0 atom stereocenters. The number of hydrogen-bond donors (Lipinski definition) is 4. The van der Waals surface area contributed by atoms with Crippen molar-refractivity contribution in [3.63, 3.8) is 0 Å². The molecule has 8 heteroatoms. The number of aromatic amines is 1. The van der Waals surface area contributed by atoms with Crippen LogP contribution in [0, 0.1) is 0 Å². The van der Waals surface area contributed by atoms with Crippen LogP contribution < -0.4 is 16.5 Å². The van der Waals surface area contributed by atoms with Crippen molar-refractivity contribution in [3.8, 4) is 17.0 Å². The molecule has 3 rings (SSSR count). The Balaban J connectivity index is 1.68. The van der Waals surface area contributed by atoms with E-state index in [-0.39, 0.29) is 32.7 Å². The molecule has 3 aromatic rings. The van der Waals surface area contributed by atoms with E-state index in [0.717, 1.165) is 12.8 Å². The lowest BCUT2D eigenvalue weighted by atomic mass is 10.1. The predicted octanol–water partition coefficient (Wildman–Crippen LogP) is 6.66. The van der Waals surface area contributed by atoms with E-state index in [2.05, 4.69) is 17.2 Å². The summed E-state index contributed by atoms with van der Waals surface area (Å²) in [5.41, 5.74) is 6.84. The molecule has 0 fully saturated rings. The second kappa shape index (κ2) is 12.1. The predicted molar refractivity (Wildman–Crippen MR) is 141 cm³/mol. The number of unbranched alkanes of at least 4 members (excludes halogenated alkanes) is 7. The van der Waals surface area contributed by atoms with Gasteiger partial charge in [-0.25, -0.2) is 0 Å². The smallest absolute Gasteiger partial charge is 0.251 e. The lowest BCUT2D eigenvalue weighted by Crippen LogP contribution is -2.24. The second-order valence-corrected chi connectivity index (χ2v) is 9.34. The number of fused-ring (bicyclic) bond motifs is 1. The molecule has 0 radical (unpaired) electrons. The van der Waals surface area contributed by atoms with Gasteiger partial charge in [-0.05, 0) is 36.8 Å². The van der Waals surface area contributed by atoms with Crippen LogP contribution in [-0.4, -0.2) is 22.5 Å². The summed E-state index contributed by atoms with van der Waals surface area (Å²) < 4.78 is 0. The number of rotatable bonds is 11. The number of pyridine rings is 1. The van der Waals surface area contributed by atoms with Crippen molar-refractivity contribution in [2.24, 2.45) is 0 Å². The molecule has 0 bridgehead atoms. The van der Waals surface area contributed by atoms with Crippen molar-refractivity contribution in [1.82, 2.24) is 10.3 Å². The van der Waals surface area contributed by atoms with Crippen LogP contribution in [0.5, 0.6) is 5.75 Å². The van der Waals surface area contributed by atoms with Crippen LogP contribution in [0.1, 0.15) is 68.6 Å². The van der Waals surface area contributed by atoms with Gasteiger partial charge < -0.3 is 21.1 Å². The molecule has 0 spiro atoms. The van der Waals surface area contributed by atoms with E-state index in [9.17, 15) is 14.7 Å². The van der Waals surface area contributed by atoms with E-state index in [1.54, 1.807) is 12.1 Å². The molecule has 0 aliphatic carbocycles. The van der Waals surface area contributed by atoms with E-state index in [1.165, 1.54) is 56.7 Å². The number of nitrogens with two attached hydrogens (primary N) is 1. The van der Waals surface area contributed by atoms with Crippen LogP contribution >= 0.6 is 23.2 Å². The highest BCUT2D eigenvalue weighted by atomic mass is 35.5. The summed E-state index contributed by atoms with van der Waals surface area (Å²) in [6.45, 7) is 2.80. The highest BCUT2D eigenvalue weighted by Crippen LogP contribution is 2.35. The topological polar surface area (TPSA) is 108 Å². The first-order valence-corrected chi connectivity index (χ1v) is 12.5. The van der Waals surface area contributed by atoms with Gasteiger partial charge in [-0.1, -0.05) is 75.1 Å². The van der Waals surface area contributed by atoms with Crippen LogP contribution in [-0.2, 0) is 0 Å². The van der Waals surface area contributed by atoms with Crippen LogP contribution in [0.4, 0.5) is 5.69 Å². The first-order chi connectivity index (χ1) is 16.3. The van der Waals surface area contributed by atoms with Crippen molar-refractivity contribution in [2.45, 2.75) is 58.3 Å². The number of carbonyl (C=O) groups excluding carboxylic acids is 1. The summed E-state index contributed by atoms with van der Waals surface area (Å²) in [7, 11) is 0. The lowest BCUT2D eigenvalue weighted by molar-refractivity contribution is 0.0953. The van der Waals surface area contributed by atoms with Crippen molar-refractivity contribution in [2.75, 3.05) is 12.3 Å². The number of carbonyl (C=O) groups is 1. The summed E-state index contributed by atoms with van der Waals surface area (Å²) in [6, 6.07) is 7.82. The molecule has 0 aliphatic heterocycles. The quantitative estimate of drug-likeness (QED) is 0.173. The van der Waals surface area contributed by atoms with Crippen molar-refractivity contribution in [3.05, 3.63) is 56.2 Å². The van der Waals surface area contributed by atoms with Crippen LogP contribution in [0.2, 0.25) is 10.0 Å². The zero-order chi connectivity index (χ0) is 24.7. The van der Waals surface area contributed by atoms with E-state index in [0.29, 0.717) is 23.2 Å². The van der Waals surface area contributed by atoms with Gasteiger partial charge in [0.1, 0.15) is 0 Å². The minimum atomic E-state index is -0.592. The van der Waals surface area contributed by atoms with Gasteiger partial charge in [0.05, 0.1) is 32.3 Å². The third kappa shape index (κ3) is 6.24. The number of H-pyrrole nitrogens is 1. The molecule has 1 amide bonds. The van der Waals surface area contributed by atoms with Gasteiger partial charge in [-0.2, -0.15) is 0 Å². The average molecular weight is 504 g/mol. The number of nitrogen functional groups attached to an aromatic ring is 1. The molecule has 0 saturated carbocycles. The molecule has 2 aromatic carbocycles. The molecule has 5 N–H and O–H groups in total. The minimum absolute atomic E-state index is 0.174. The number of halogens is 2. The number of amides is 1. The van der Waals surface area contributed by atoms with E-state index in [4.69, 9.17) is 28.9 Å². The molecular formula is C26H31Cl2N3O3. The first-order valence-electron chi connectivity index (χ1n) is 11.8. The summed E-state index contributed by atoms with van der Waals surface area (Å²) in [5.74, 6) is -0.731. The molecule has 0 saturated heterocycles. The average Bonchev–Trinajstić information content (AvgIpc) is 2.83. The van der Waals surface area contributed by atoms with Gasteiger partial charge in [0.25, 0.3) is 5.91 Å². The van der Waals surface area contributed by atoms with Gasteiger partial charge in [-0.3, -0.25) is 9.59 Å². The Morgan fingerprint density at radius 3 is 2.26 bits per heavy atom. The summed E-state index contributed by atoms with van der Waals surface area (Å²) in [6.07, 6.45) is 9.54. The third-order valence-electron chi connectivity index (χ3n) is 5.92. The number of aromatic hydroxyl groups is 1. The standard InChI is InChI=1S/C26H31Cl2N3O3/c1-2-3-4-5-6-7-8-9-12-30-26(34)16-10-11-21-18(13-16)24(32)25(33)23(31-21)17-14-19(27)22(29)20(28)15-17/h10-11,13-15,33H,2-9,12,29H2,1H3,(H,30,34)(H,31,32). The molecule has 1 heterocycles. The monoisotopic (exact) mass is 503 g/mol. The largest absolute Gasteiger partial charge is 0.503 e. The minimum Gasteiger partial charge on any atom is -0.503 e. The van der Waals surface area contributed by atoms with Gasteiger partial charge >= 0.3 is 0 Å². The number of aromatic nitrogens is 1. The van der Waals surface area contributed by atoms with Gasteiger partial charge in [-0.15, -0.1) is 0 Å². The Labute approximate surface area is 209 Å². The maximum Gasteiger partial charge on any atom is 0.251 e. The summed E-state index contributed by atoms with van der Waals surface area (Å²) in [5, 5.41) is 14.1. The molecule has 182 valence electrons. The zero-order valence-electron chi connectivity index (χ0n) is 19.3. The highest BCUT2D eigenvalue weighted by molar-refractivity contribution is 6.39. The zero-order valence-corrected chi connectivity index (χ0v) is 20.9. The molecule has 0 aliphatic rings. The number of benzene rings is 2. The SMILES string of the molecule is CCCCCCCCCCNC(=O)c1ccc2[nH]c(-c3cc(Cl)c(N)c(Cl)c3)c(O)c(=O)c2c1. The lowest BCUT2D eigenvalue weighted by Gasteiger charge is -2.11. The van der Waals surface area contributed by atoms with E-state index < -0.39 is 11.2 Å². The normalized spacial score (nSPS) is 11.1. The summed E-state index contributed by atoms with van der Waals surface area (Å²) >= 11 is 12.2. The number of nitrogens with one attached hydrogen (secondary N) is 2. The molecule has 0 unspecified atom stereocenters. The molecule has 34 heavy (non-hydrogen) atoms. The molecular weight excluding hydrogens is 473 g/mol. The third-order valence-corrected chi connectivity index (χ3v) is 6.55. The highest BCUT2D eigenvalue weighted by Gasteiger charge is 2.16. The van der Waals surface area contributed by atoms with E-state index in [1.807, 2.05) is 0 Å². The Bertz CT molecular complexity index is 1200. The summed E-state index contributed by atoms with van der Waals surface area (Å²) in [4.78, 5) is 28.5. The Hall–Kier alpha value is -2.70. The van der Waals surface area contributed by atoms with Crippen LogP contribution in [0.15, 0.2) is 35.1 Å². The van der Waals surface area contributed by atoms with Gasteiger partial charge in [0.15, 0.2) is 5.75 Å². The van der Waals surface area contributed by atoms with Crippen molar-refractivity contribution >= 4 is 45.7 Å². The molecule has 1 aromatic heterocycles. The molecule has 6 nitrogen and oxygen atoms in total. The Morgan fingerprint density at radius 2 is 1.62 bits per heavy atom. The van der Waals surface area contributed by atoms with Crippen molar-refractivity contribution in [1.29, 1.82) is 0 Å². The van der Waals surface area contributed by atoms with Gasteiger partial charge in [0.2, 0.25) is 5.43 Å². The fraction of sp³-hybridized carbons (Fsp3) is 0.385. The maximum absolute atomic E-state index is 12.9.